The smallest absolute Gasteiger partial charge is 0.488 e. The molecule has 15 heavy (non-hydrogen) atoms. The molecule has 0 bridgehead atoms. The fourth-order valence-corrected chi connectivity index (χ4v) is 1.17. The van der Waals surface area contributed by atoms with E-state index in [4.69, 9.17) is 14.8 Å². The molecule has 1 rings (SSSR count). The molecule has 0 aliphatic rings. The van der Waals surface area contributed by atoms with Crippen LogP contribution in [-0.4, -0.2) is 30.1 Å². The number of halogens is 1. The lowest BCUT2D eigenvalue weighted by atomic mass is 9.79. The Hall–Kier alpha value is -1.40. The maximum Gasteiger partial charge on any atom is 0.488 e. The molecule has 0 radical (unpaired) electrons. The molecule has 0 aromatic heterocycles. The van der Waals surface area contributed by atoms with Crippen LogP contribution in [0.1, 0.15) is 17.3 Å². The zero-order valence-corrected chi connectivity index (χ0v) is 8.11. The lowest BCUT2D eigenvalue weighted by molar-refractivity contribution is 0.111. The van der Waals surface area contributed by atoms with Gasteiger partial charge in [-0.05, 0) is 24.5 Å². The van der Waals surface area contributed by atoms with Crippen molar-refractivity contribution in [3.8, 4) is 5.75 Å². The highest BCUT2D eigenvalue weighted by Crippen LogP contribution is 2.20. The molecule has 0 heterocycles. The zero-order valence-electron chi connectivity index (χ0n) is 8.11. The van der Waals surface area contributed by atoms with Gasteiger partial charge in [0.2, 0.25) is 0 Å². The summed E-state index contributed by atoms with van der Waals surface area (Å²) in [7, 11) is -1.81. The monoisotopic (exact) mass is 212 g/mol. The first-order chi connectivity index (χ1) is 7.10. The zero-order chi connectivity index (χ0) is 11.4. The van der Waals surface area contributed by atoms with Crippen LogP contribution in [0.25, 0.3) is 0 Å². The summed E-state index contributed by atoms with van der Waals surface area (Å²) in [6, 6.07) is 2.09. The van der Waals surface area contributed by atoms with Crippen LogP contribution >= 0.6 is 0 Å². The molecule has 0 saturated carbocycles. The van der Waals surface area contributed by atoms with E-state index >= 15 is 0 Å². The van der Waals surface area contributed by atoms with Crippen LogP contribution in [0.4, 0.5) is 4.39 Å². The van der Waals surface area contributed by atoms with Gasteiger partial charge in [0.25, 0.3) is 0 Å². The van der Waals surface area contributed by atoms with E-state index in [-0.39, 0.29) is 23.4 Å². The average Bonchev–Trinajstić information content (AvgIpc) is 2.20. The van der Waals surface area contributed by atoms with E-state index < -0.39 is 12.9 Å². The van der Waals surface area contributed by atoms with Gasteiger partial charge >= 0.3 is 7.12 Å². The van der Waals surface area contributed by atoms with Gasteiger partial charge in [-0.2, -0.15) is 0 Å². The summed E-state index contributed by atoms with van der Waals surface area (Å²) in [5.74, 6) is -0.957. The number of ether oxygens (including phenoxy) is 1. The summed E-state index contributed by atoms with van der Waals surface area (Å²) in [6.45, 7) is 1.88. The normalized spacial score (nSPS) is 9.87. The van der Waals surface area contributed by atoms with Crippen molar-refractivity contribution in [2.45, 2.75) is 6.92 Å². The number of hydrogen-bond acceptors (Lipinski definition) is 4. The Morgan fingerprint density at radius 3 is 2.67 bits per heavy atom. The molecule has 1 aromatic carbocycles. The first-order valence-electron chi connectivity index (χ1n) is 4.37. The van der Waals surface area contributed by atoms with E-state index in [1.54, 1.807) is 6.92 Å². The summed E-state index contributed by atoms with van der Waals surface area (Å²) in [4.78, 5) is 10.6. The van der Waals surface area contributed by atoms with Crippen LogP contribution < -0.4 is 10.2 Å². The molecule has 0 fully saturated rings. The van der Waals surface area contributed by atoms with Gasteiger partial charge in [-0.15, -0.1) is 0 Å². The lowest BCUT2D eigenvalue weighted by Gasteiger charge is -2.09. The van der Waals surface area contributed by atoms with Crippen molar-refractivity contribution >= 4 is 18.9 Å². The maximum atomic E-state index is 13.3. The van der Waals surface area contributed by atoms with Gasteiger partial charge in [0.15, 0.2) is 17.9 Å². The third-order valence-corrected chi connectivity index (χ3v) is 1.81. The van der Waals surface area contributed by atoms with Crippen LogP contribution in [0.5, 0.6) is 5.75 Å². The summed E-state index contributed by atoms with van der Waals surface area (Å²) < 4.78 is 18.3. The number of benzene rings is 1. The third-order valence-electron chi connectivity index (χ3n) is 1.81. The molecular weight excluding hydrogens is 202 g/mol. The minimum absolute atomic E-state index is 0.0417. The van der Waals surface area contributed by atoms with Gasteiger partial charge in [-0.1, -0.05) is 0 Å². The highest BCUT2D eigenvalue weighted by atomic mass is 19.1. The van der Waals surface area contributed by atoms with Crippen LogP contribution in [0, 0.1) is 5.82 Å². The highest BCUT2D eigenvalue weighted by molar-refractivity contribution is 6.58. The summed E-state index contributed by atoms with van der Waals surface area (Å²) in [5, 5.41) is 17.6. The van der Waals surface area contributed by atoms with Gasteiger partial charge in [-0.3, -0.25) is 4.79 Å². The van der Waals surface area contributed by atoms with Crippen molar-refractivity contribution in [3.63, 3.8) is 0 Å². The quantitative estimate of drug-likeness (QED) is 0.531. The topological polar surface area (TPSA) is 66.8 Å². The highest BCUT2D eigenvalue weighted by Gasteiger charge is 2.18. The first-order valence-corrected chi connectivity index (χ1v) is 4.37. The van der Waals surface area contributed by atoms with Crippen molar-refractivity contribution in [1.29, 1.82) is 0 Å². The Kier molecular flexibility index (Phi) is 3.82. The Balaban J connectivity index is 3.24. The Labute approximate surface area is 86.4 Å². The Morgan fingerprint density at radius 2 is 2.20 bits per heavy atom. The van der Waals surface area contributed by atoms with Gasteiger partial charge < -0.3 is 14.8 Å². The number of carbonyl (C=O) groups is 1. The van der Waals surface area contributed by atoms with E-state index in [1.807, 2.05) is 0 Å². The van der Waals surface area contributed by atoms with E-state index in [9.17, 15) is 9.18 Å². The number of carbonyl (C=O) groups excluding carboxylic acids is 1. The number of aldehydes is 1. The first kappa shape index (κ1) is 11.7. The van der Waals surface area contributed by atoms with Crippen molar-refractivity contribution in [2.24, 2.45) is 0 Å². The van der Waals surface area contributed by atoms with Crippen LogP contribution in [0.2, 0.25) is 0 Å². The lowest BCUT2D eigenvalue weighted by Crippen LogP contribution is -2.30. The van der Waals surface area contributed by atoms with Crippen LogP contribution in [-0.2, 0) is 0 Å². The summed E-state index contributed by atoms with van der Waals surface area (Å²) in [6.07, 6.45) is 0.403. The minimum Gasteiger partial charge on any atom is -0.490 e. The van der Waals surface area contributed by atoms with Crippen molar-refractivity contribution < 1.29 is 24.0 Å². The standard InChI is InChI=1S/C9H10BFO4/c1-2-15-9-6(5-12)3-7(10(13)14)4-8(9)11/h3-5,13-14H,2H2,1H3. The summed E-state index contributed by atoms with van der Waals surface area (Å²) in [5.41, 5.74) is -0.127. The van der Waals surface area contributed by atoms with Crippen molar-refractivity contribution in [3.05, 3.63) is 23.5 Å². The van der Waals surface area contributed by atoms with Crippen LogP contribution in [0.15, 0.2) is 12.1 Å². The predicted octanol–water partition coefficient (Wildman–Crippen LogP) is -0.283. The Bertz CT molecular complexity index is 367. The van der Waals surface area contributed by atoms with E-state index in [0.29, 0.717) is 6.29 Å². The van der Waals surface area contributed by atoms with Crippen molar-refractivity contribution in [2.75, 3.05) is 6.61 Å². The Morgan fingerprint density at radius 1 is 1.53 bits per heavy atom. The molecule has 4 nitrogen and oxygen atoms in total. The van der Waals surface area contributed by atoms with E-state index in [0.717, 1.165) is 6.07 Å². The second-order valence-electron chi connectivity index (χ2n) is 2.85. The fourth-order valence-electron chi connectivity index (χ4n) is 1.17. The molecule has 80 valence electrons. The van der Waals surface area contributed by atoms with Gasteiger partial charge in [0.05, 0.1) is 12.2 Å². The SMILES string of the molecule is CCOc1c(F)cc(B(O)O)cc1C=O. The molecule has 2 N–H and O–H groups in total. The predicted molar refractivity (Wildman–Crippen MR) is 52.8 cm³/mol. The molecular formula is C9H10BFO4. The minimum atomic E-state index is -1.81. The molecule has 0 spiro atoms. The maximum absolute atomic E-state index is 13.3. The number of hydrogen-bond donors (Lipinski definition) is 2. The van der Waals surface area contributed by atoms with E-state index in [1.165, 1.54) is 6.07 Å². The molecule has 0 amide bonds. The summed E-state index contributed by atoms with van der Waals surface area (Å²) >= 11 is 0. The molecule has 1 aromatic rings. The number of rotatable bonds is 4. The molecule has 6 heteroatoms. The van der Waals surface area contributed by atoms with Crippen molar-refractivity contribution in [1.82, 2.24) is 0 Å². The van der Waals surface area contributed by atoms with E-state index in [2.05, 4.69) is 0 Å². The molecule has 0 atom stereocenters. The van der Waals surface area contributed by atoms with Gasteiger partial charge in [-0.25, -0.2) is 4.39 Å². The molecule has 0 saturated heterocycles. The van der Waals surface area contributed by atoms with Crippen LogP contribution in [0.3, 0.4) is 0 Å². The second-order valence-corrected chi connectivity index (χ2v) is 2.85. The largest absolute Gasteiger partial charge is 0.490 e. The molecule has 0 aliphatic heterocycles. The molecule has 0 aliphatic carbocycles. The average molecular weight is 212 g/mol. The second kappa shape index (κ2) is 4.90. The fraction of sp³-hybridized carbons (Fsp3) is 0.222. The van der Waals surface area contributed by atoms with Gasteiger partial charge in [0, 0.05) is 0 Å². The van der Waals surface area contributed by atoms with Gasteiger partial charge in [0.1, 0.15) is 0 Å². The third kappa shape index (κ3) is 2.54. The molecule has 0 unspecified atom stereocenters.